The summed E-state index contributed by atoms with van der Waals surface area (Å²) in [5.74, 6) is -0.321. The molecule has 0 aliphatic rings. The van der Waals surface area contributed by atoms with E-state index < -0.39 is 0 Å². The lowest BCUT2D eigenvalue weighted by Crippen LogP contribution is -2.26. The predicted molar refractivity (Wildman–Crippen MR) is 81.7 cm³/mol. The second-order valence-corrected chi connectivity index (χ2v) is 5.83. The maximum atomic E-state index is 12.0. The highest BCUT2D eigenvalue weighted by Crippen LogP contribution is 2.21. The number of anilines is 1. The molecule has 2 amide bonds. The van der Waals surface area contributed by atoms with Crippen LogP contribution in [-0.2, 0) is 4.79 Å². The topological polar surface area (TPSA) is 58.2 Å². The number of para-hydroxylation sites is 1. The van der Waals surface area contributed by atoms with Gasteiger partial charge in [-0.3, -0.25) is 9.59 Å². The molecule has 20 heavy (non-hydrogen) atoms. The van der Waals surface area contributed by atoms with Gasteiger partial charge in [0.2, 0.25) is 5.91 Å². The Kier molecular flexibility index (Phi) is 5.50. The minimum Gasteiger partial charge on any atom is -0.349 e. The molecule has 0 aromatic heterocycles. The molecule has 0 aliphatic heterocycles. The van der Waals surface area contributed by atoms with Crippen molar-refractivity contribution >= 4 is 17.5 Å². The van der Waals surface area contributed by atoms with Crippen molar-refractivity contribution in [3.63, 3.8) is 0 Å². The number of amides is 2. The Hall–Kier alpha value is -2.10. The maximum Gasteiger partial charge on any atom is 0.253 e. The number of benzene rings is 1. The van der Waals surface area contributed by atoms with Crippen LogP contribution in [0.15, 0.2) is 36.9 Å². The number of carbonyl (C=O) groups excluding carboxylic acids is 2. The molecule has 0 atom stereocenters. The van der Waals surface area contributed by atoms with Gasteiger partial charge in [0.25, 0.3) is 5.91 Å². The van der Waals surface area contributed by atoms with Gasteiger partial charge in [-0.2, -0.15) is 0 Å². The molecular weight excluding hydrogens is 252 g/mol. The van der Waals surface area contributed by atoms with Gasteiger partial charge in [-0.05, 0) is 17.5 Å². The van der Waals surface area contributed by atoms with Gasteiger partial charge in [0.15, 0.2) is 0 Å². The summed E-state index contributed by atoms with van der Waals surface area (Å²) in [4.78, 5) is 23.9. The van der Waals surface area contributed by atoms with E-state index in [1.54, 1.807) is 30.3 Å². The molecule has 108 valence electrons. The summed E-state index contributed by atoms with van der Waals surface area (Å²) < 4.78 is 0. The van der Waals surface area contributed by atoms with Crippen LogP contribution in [-0.4, -0.2) is 18.4 Å². The van der Waals surface area contributed by atoms with Crippen LogP contribution < -0.4 is 10.6 Å². The van der Waals surface area contributed by atoms with E-state index in [2.05, 4.69) is 17.2 Å². The Morgan fingerprint density at radius 2 is 1.90 bits per heavy atom. The standard InChI is InChI=1S/C16H22N2O2/c1-5-10-17-15(20)12-8-6-7-9-13(12)18-14(19)11-16(2,3)4/h5-9H,1,10-11H2,2-4H3,(H,17,20)(H,18,19). The zero-order valence-electron chi connectivity index (χ0n) is 12.3. The molecule has 0 radical (unpaired) electrons. The lowest BCUT2D eigenvalue weighted by molar-refractivity contribution is -0.117. The van der Waals surface area contributed by atoms with Crippen molar-refractivity contribution in [3.8, 4) is 0 Å². The molecule has 1 aromatic carbocycles. The van der Waals surface area contributed by atoms with Crippen LogP contribution in [0.3, 0.4) is 0 Å². The number of rotatable bonds is 5. The molecule has 1 aromatic rings. The highest BCUT2D eigenvalue weighted by atomic mass is 16.2. The molecule has 0 spiro atoms. The van der Waals surface area contributed by atoms with Crippen molar-refractivity contribution in [3.05, 3.63) is 42.5 Å². The summed E-state index contributed by atoms with van der Waals surface area (Å²) in [5.41, 5.74) is 0.893. The van der Waals surface area contributed by atoms with Gasteiger partial charge >= 0.3 is 0 Å². The third-order valence-electron chi connectivity index (χ3n) is 2.54. The molecule has 0 heterocycles. The van der Waals surface area contributed by atoms with E-state index in [1.165, 1.54) is 0 Å². The lowest BCUT2D eigenvalue weighted by atomic mass is 9.92. The molecule has 1 rings (SSSR count). The van der Waals surface area contributed by atoms with Crippen LogP contribution in [0.2, 0.25) is 0 Å². The maximum absolute atomic E-state index is 12.0. The van der Waals surface area contributed by atoms with Crippen molar-refractivity contribution < 1.29 is 9.59 Å². The molecule has 0 saturated carbocycles. The molecule has 0 bridgehead atoms. The Labute approximate surface area is 120 Å². The smallest absolute Gasteiger partial charge is 0.253 e. The van der Waals surface area contributed by atoms with Gasteiger partial charge in [0.05, 0.1) is 11.3 Å². The largest absolute Gasteiger partial charge is 0.349 e. The first-order chi connectivity index (χ1) is 9.33. The van der Waals surface area contributed by atoms with Gasteiger partial charge in [-0.1, -0.05) is 39.0 Å². The molecule has 2 N–H and O–H groups in total. The zero-order chi connectivity index (χ0) is 15.2. The minimum atomic E-state index is -0.225. The van der Waals surface area contributed by atoms with E-state index in [0.717, 1.165) is 0 Å². The summed E-state index contributed by atoms with van der Waals surface area (Å²) in [6, 6.07) is 6.97. The molecule has 4 heteroatoms. The fraction of sp³-hybridized carbons (Fsp3) is 0.375. The second-order valence-electron chi connectivity index (χ2n) is 5.83. The zero-order valence-corrected chi connectivity index (χ0v) is 12.3. The normalized spacial score (nSPS) is 10.8. The summed E-state index contributed by atoms with van der Waals surface area (Å²) in [5, 5.41) is 5.50. The average molecular weight is 274 g/mol. The van der Waals surface area contributed by atoms with Crippen LogP contribution in [0, 0.1) is 5.41 Å². The van der Waals surface area contributed by atoms with E-state index in [4.69, 9.17) is 0 Å². The van der Waals surface area contributed by atoms with Crippen LogP contribution >= 0.6 is 0 Å². The molecule has 0 aliphatic carbocycles. The average Bonchev–Trinajstić information content (AvgIpc) is 2.34. The fourth-order valence-electron chi connectivity index (χ4n) is 1.73. The molecular formula is C16H22N2O2. The third-order valence-corrected chi connectivity index (χ3v) is 2.54. The van der Waals surface area contributed by atoms with Gasteiger partial charge in [0.1, 0.15) is 0 Å². The van der Waals surface area contributed by atoms with Gasteiger partial charge in [-0.15, -0.1) is 6.58 Å². The van der Waals surface area contributed by atoms with Crippen LogP contribution in [0.25, 0.3) is 0 Å². The first kappa shape index (κ1) is 16.0. The summed E-state index contributed by atoms with van der Waals surface area (Å²) in [6.07, 6.45) is 2.01. The van der Waals surface area contributed by atoms with Gasteiger partial charge < -0.3 is 10.6 Å². The van der Waals surface area contributed by atoms with Crippen LogP contribution in [0.4, 0.5) is 5.69 Å². The van der Waals surface area contributed by atoms with Gasteiger partial charge in [-0.25, -0.2) is 0 Å². The fourth-order valence-corrected chi connectivity index (χ4v) is 1.73. The van der Waals surface area contributed by atoms with E-state index in [0.29, 0.717) is 24.2 Å². The first-order valence-corrected chi connectivity index (χ1v) is 6.61. The third kappa shape index (κ3) is 5.26. The Balaban J connectivity index is 2.82. The van der Waals surface area contributed by atoms with Gasteiger partial charge in [0, 0.05) is 13.0 Å². The molecule has 0 saturated heterocycles. The Bertz CT molecular complexity index is 501. The molecule has 0 unspecified atom stereocenters. The van der Waals surface area contributed by atoms with Crippen molar-refractivity contribution in [2.75, 3.05) is 11.9 Å². The molecule has 0 fully saturated rings. The lowest BCUT2D eigenvalue weighted by Gasteiger charge is -2.18. The summed E-state index contributed by atoms with van der Waals surface area (Å²) >= 11 is 0. The van der Waals surface area contributed by atoms with Crippen molar-refractivity contribution in [1.29, 1.82) is 0 Å². The highest BCUT2D eigenvalue weighted by molar-refractivity contribution is 6.03. The summed E-state index contributed by atoms with van der Waals surface area (Å²) in [6.45, 7) is 9.93. The number of nitrogens with one attached hydrogen (secondary N) is 2. The Morgan fingerprint density at radius 3 is 2.50 bits per heavy atom. The van der Waals surface area contributed by atoms with Crippen molar-refractivity contribution in [2.24, 2.45) is 5.41 Å². The van der Waals surface area contributed by atoms with Crippen molar-refractivity contribution in [2.45, 2.75) is 27.2 Å². The predicted octanol–water partition coefficient (Wildman–Crippen LogP) is 2.98. The van der Waals surface area contributed by atoms with E-state index in [1.807, 2.05) is 20.8 Å². The number of hydrogen-bond donors (Lipinski definition) is 2. The van der Waals surface area contributed by atoms with E-state index in [-0.39, 0.29) is 17.2 Å². The van der Waals surface area contributed by atoms with Crippen LogP contribution in [0.1, 0.15) is 37.6 Å². The number of carbonyl (C=O) groups is 2. The molecule has 4 nitrogen and oxygen atoms in total. The van der Waals surface area contributed by atoms with E-state index >= 15 is 0 Å². The minimum absolute atomic E-state index is 0.0931. The second kappa shape index (κ2) is 6.89. The number of hydrogen-bond acceptors (Lipinski definition) is 2. The Morgan fingerprint density at radius 1 is 1.25 bits per heavy atom. The van der Waals surface area contributed by atoms with Crippen molar-refractivity contribution in [1.82, 2.24) is 5.32 Å². The van der Waals surface area contributed by atoms with Crippen LogP contribution in [0.5, 0.6) is 0 Å². The SMILES string of the molecule is C=CCNC(=O)c1ccccc1NC(=O)CC(C)(C)C. The first-order valence-electron chi connectivity index (χ1n) is 6.61. The summed E-state index contributed by atoms with van der Waals surface area (Å²) in [7, 11) is 0. The van der Waals surface area contributed by atoms with E-state index in [9.17, 15) is 9.59 Å². The monoisotopic (exact) mass is 274 g/mol. The quantitative estimate of drug-likeness (QED) is 0.811. The highest BCUT2D eigenvalue weighted by Gasteiger charge is 2.18.